The summed E-state index contributed by atoms with van der Waals surface area (Å²) in [5, 5.41) is 12.3. The Morgan fingerprint density at radius 1 is 1.00 bits per heavy atom. The highest BCUT2D eigenvalue weighted by molar-refractivity contribution is 5.87. The molecule has 88 valence electrons. The second-order valence-electron chi connectivity index (χ2n) is 4.74. The minimum Gasteiger partial charge on any atom is -0.508 e. The quantitative estimate of drug-likeness (QED) is 0.750. The van der Waals surface area contributed by atoms with E-state index in [1.54, 1.807) is 6.07 Å². The molecule has 0 aliphatic rings. The highest BCUT2D eigenvalue weighted by Gasteiger charge is 2.07. The zero-order valence-corrected chi connectivity index (χ0v) is 10.6. The molecule has 1 heteroatoms. The molecule has 0 aliphatic carbocycles. The van der Waals surface area contributed by atoms with E-state index in [-0.39, 0.29) is 0 Å². The van der Waals surface area contributed by atoms with Crippen molar-refractivity contribution in [3.63, 3.8) is 0 Å². The van der Waals surface area contributed by atoms with Gasteiger partial charge in [0, 0.05) is 5.56 Å². The summed E-state index contributed by atoms with van der Waals surface area (Å²) in [7, 11) is 0. The molecule has 0 unspecified atom stereocenters. The van der Waals surface area contributed by atoms with Crippen molar-refractivity contribution in [1.29, 1.82) is 0 Å². The molecule has 2 aromatic carbocycles. The molecule has 0 fully saturated rings. The molecule has 0 spiro atoms. The number of aromatic hydroxyl groups is 1. The van der Waals surface area contributed by atoms with E-state index in [0.29, 0.717) is 5.75 Å². The minimum atomic E-state index is 0.393. The molecule has 0 atom stereocenters. The first-order valence-corrected chi connectivity index (χ1v) is 5.92. The van der Waals surface area contributed by atoms with Gasteiger partial charge in [0.1, 0.15) is 5.75 Å². The predicted octanol–water partition coefficient (Wildman–Crippen LogP) is 4.44. The Bertz CT molecular complexity index is 575. The van der Waals surface area contributed by atoms with Gasteiger partial charge in [-0.05, 0) is 44.0 Å². The molecule has 0 bridgehead atoms. The van der Waals surface area contributed by atoms with Crippen molar-refractivity contribution in [1.82, 2.24) is 0 Å². The Balaban J connectivity index is 2.59. The largest absolute Gasteiger partial charge is 0.508 e. The van der Waals surface area contributed by atoms with E-state index < -0.39 is 0 Å². The minimum absolute atomic E-state index is 0.393. The summed E-state index contributed by atoms with van der Waals surface area (Å²) < 4.78 is 0. The van der Waals surface area contributed by atoms with Gasteiger partial charge in [-0.15, -0.1) is 0 Å². The van der Waals surface area contributed by atoms with Crippen LogP contribution in [-0.4, -0.2) is 5.11 Å². The van der Waals surface area contributed by atoms with Crippen LogP contribution in [0.2, 0.25) is 0 Å². The Morgan fingerprint density at radius 3 is 2.41 bits per heavy atom. The highest BCUT2D eigenvalue weighted by atomic mass is 16.3. The Morgan fingerprint density at radius 2 is 1.71 bits per heavy atom. The third-order valence-electron chi connectivity index (χ3n) is 3.31. The molecule has 0 radical (unpaired) electrons. The molecule has 2 aromatic rings. The van der Waals surface area contributed by atoms with Crippen LogP contribution in [0.1, 0.15) is 26.3 Å². The zero-order chi connectivity index (χ0) is 12.4. The summed E-state index contributed by atoms with van der Waals surface area (Å²) in [5.74, 6) is 0.393. The first kappa shape index (κ1) is 11.7. The van der Waals surface area contributed by atoms with Gasteiger partial charge in [0.25, 0.3) is 0 Å². The van der Waals surface area contributed by atoms with Crippen LogP contribution in [0, 0.1) is 0 Å². The number of benzene rings is 2. The van der Waals surface area contributed by atoms with Crippen molar-refractivity contribution in [3.05, 3.63) is 53.1 Å². The van der Waals surface area contributed by atoms with Gasteiger partial charge in [0.15, 0.2) is 0 Å². The van der Waals surface area contributed by atoms with Gasteiger partial charge in [-0.3, -0.25) is 0 Å². The maximum Gasteiger partial charge on any atom is 0.119 e. The molecule has 0 aliphatic heterocycles. The van der Waals surface area contributed by atoms with Crippen molar-refractivity contribution in [2.45, 2.75) is 27.2 Å². The monoisotopic (exact) mass is 226 g/mol. The molecule has 0 saturated carbocycles. The fraction of sp³-hybridized carbons (Fsp3) is 0.250. The number of hydrogen-bond donors (Lipinski definition) is 1. The van der Waals surface area contributed by atoms with Crippen molar-refractivity contribution in [3.8, 4) is 5.75 Å². The smallest absolute Gasteiger partial charge is 0.119 e. The second kappa shape index (κ2) is 4.62. The van der Waals surface area contributed by atoms with E-state index in [9.17, 15) is 5.11 Å². The highest BCUT2D eigenvalue weighted by Crippen LogP contribution is 2.29. The second-order valence-corrected chi connectivity index (χ2v) is 4.74. The Labute approximate surface area is 102 Å². The summed E-state index contributed by atoms with van der Waals surface area (Å²) in [5.41, 5.74) is 3.66. The van der Waals surface area contributed by atoms with E-state index in [0.717, 1.165) is 17.4 Å². The maximum atomic E-state index is 10.0. The number of hydrogen-bond acceptors (Lipinski definition) is 1. The number of phenolic OH excluding ortho intramolecular Hbond substituents is 1. The van der Waals surface area contributed by atoms with Crippen LogP contribution in [0.4, 0.5) is 0 Å². The third kappa shape index (κ3) is 2.33. The molecular formula is C16H18O. The Hall–Kier alpha value is -1.76. The summed E-state index contributed by atoms with van der Waals surface area (Å²) in [6.07, 6.45) is 0.815. The third-order valence-corrected chi connectivity index (χ3v) is 3.31. The number of rotatable bonds is 2. The molecular weight excluding hydrogens is 208 g/mol. The maximum absolute atomic E-state index is 10.0. The lowest BCUT2D eigenvalue weighted by atomic mass is 9.96. The fourth-order valence-corrected chi connectivity index (χ4v) is 1.95. The van der Waals surface area contributed by atoms with Crippen molar-refractivity contribution in [2.75, 3.05) is 0 Å². The van der Waals surface area contributed by atoms with Gasteiger partial charge in [-0.25, -0.2) is 0 Å². The average molecular weight is 226 g/mol. The van der Waals surface area contributed by atoms with Crippen molar-refractivity contribution in [2.24, 2.45) is 0 Å². The first-order chi connectivity index (χ1) is 8.09. The molecule has 0 saturated heterocycles. The molecule has 0 amide bonds. The molecule has 0 heterocycles. The fourth-order valence-electron chi connectivity index (χ4n) is 1.95. The van der Waals surface area contributed by atoms with Crippen LogP contribution in [0.25, 0.3) is 10.8 Å². The van der Waals surface area contributed by atoms with Crippen LogP contribution >= 0.6 is 0 Å². The first-order valence-electron chi connectivity index (χ1n) is 5.92. The van der Waals surface area contributed by atoms with Gasteiger partial charge in [0.05, 0.1) is 0 Å². The number of allylic oxidation sites excluding steroid dienone is 2. The normalized spacial score (nSPS) is 10.5. The van der Waals surface area contributed by atoms with E-state index in [1.807, 2.05) is 18.2 Å². The van der Waals surface area contributed by atoms with Crippen LogP contribution in [0.5, 0.6) is 5.75 Å². The summed E-state index contributed by atoms with van der Waals surface area (Å²) in [6.45, 7) is 6.34. The van der Waals surface area contributed by atoms with E-state index in [4.69, 9.17) is 0 Å². The van der Waals surface area contributed by atoms with Gasteiger partial charge in [-0.1, -0.05) is 41.5 Å². The lowest BCUT2D eigenvalue weighted by Crippen LogP contribution is -1.92. The molecule has 0 aromatic heterocycles. The predicted molar refractivity (Wildman–Crippen MR) is 73.4 cm³/mol. The number of phenols is 1. The van der Waals surface area contributed by atoms with Gasteiger partial charge in [0.2, 0.25) is 0 Å². The van der Waals surface area contributed by atoms with Crippen LogP contribution in [0.3, 0.4) is 0 Å². The van der Waals surface area contributed by atoms with Crippen LogP contribution in [0.15, 0.2) is 47.5 Å². The molecule has 2 rings (SSSR count). The summed E-state index contributed by atoms with van der Waals surface area (Å²) in [6, 6.07) is 11.9. The van der Waals surface area contributed by atoms with Crippen molar-refractivity contribution >= 4 is 10.8 Å². The molecule has 1 nitrogen and oxygen atoms in total. The lowest BCUT2D eigenvalue weighted by Gasteiger charge is -2.10. The van der Waals surface area contributed by atoms with E-state index >= 15 is 0 Å². The number of fused-ring (bicyclic) bond motifs is 1. The molecule has 17 heavy (non-hydrogen) atoms. The Kier molecular flexibility index (Phi) is 3.19. The standard InChI is InChI=1S/C16H18O/c1-11(2)12(3)10-15-14-7-5-4-6-13(14)8-9-16(15)17/h4-9,17H,10H2,1-3H3. The topological polar surface area (TPSA) is 20.2 Å². The molecule has 1 N–H and O–H groups in total. The van der Waals surface area contributed by atoms with E-state index in [1.165, 1.54) is 16.5 Å². The van der Waals surface area contributed by atoms with Crippen LogP contribution in [-0.2, 0) is 6.42 Å². The SMILES string of the molecule is CC(C)=C(C)Cc1c(O)ccc2ccccc12. The van der Waals surface area contributed by atoms with Crippen LogP contribution < -0.4 is 0 Å². The van der Waals surface area contributed by atoms with Gasteiger partial charge < -0.3 is 5.11 Å². The van der Waals surface area contributed by atoms with Gasteiger partial charge >= 0.3 is 0 Å². The van der Waals surface area contributed by atoms with Crippen molar-refractivity contribution < 1.29 is 5.11 Å². The average Bonchev–Trinajstić information content (AvgIpc) is 2.32. The summed E-state index contributed by atoms with van der Waals surface area (Å²) in [4.78, 5) is 0. The zero-order valence-electron chi connectivity index (χ0n) is 10.6. The van der Waals surface area contributed by atoms with E-state index in [2.05, 4.69) is 32.9 Å². The summed E-state index contributed by atoms with van der Waals surface area (Å²) >= 11 is 0. The van der Waals surface area contributed by atoms with Gasteiger partial charge in [-0.2, -0.15) is 0 Å². The lowest BCUT2D eigenvalue weighted by molar-refractivity contribution is 0.470.